The summed E-state index contributed by atoms with van der Waals surface area (Å²) in [6.45, 7) is 1.46. The monoisotopic (exact) mass is 481 g/mol. The highest BCUT2D eigenvalue weighted by molar-refractivity contribution is 7.89. The molecular weight excluding hydrogens is 453 g/mol. The van der Waals surface area contributed by atoms with E-state index in [4.69, 9.17) is 0 Å². The van der Waals surface area contributed by atoms with Gasteiger partial charge in [0, 0.05) is 49.1 Å². The quantitative estimate of drug-likeness (QED) is 0.554. The molecule has 1 aliphatic heterocycles. The van der Waals surface area contributed by atoms with Crippen molar-refractivity contribution in [3.05, 3.63) is 60.2 Å². The third-order valence-electron chi connectivity index (χ3n) is 6.18. The average molecular weight is 482 g/mol. The van der Waals surface area contributed by atoms with Gasteiger partial charge in [-0.1, -0.05) is 6.07 Å². The third-order valence-corrected chi connectivity index (χ3v) is 8.03. The number of anilines is 1. The lowest BCUT2D eigenvalue weighted by Gasteiger charge is -2.32. The van der Waals surface area contributed by atoms with Gasteiger partial charge in [0.25, 0.3) is 0 Å². The number of rotatable bonds is 7. The topological polar surface area (TPSA) is 89.3 Å². The minimum Gasteiger partial charge on any atom is -0.382 e. The summed E-state index contributed by atoms with van der Waals surface area (Å²) in [5.41, 5.74) is 2.50. The van der Waals surface area contributed by atoms with Crippen molar-refractivity contribution in [2.45, 2.75) is 18.9 Å². The highest BCUT2D eigenvalue weighted by atomic mass is 32.2. The smallest absolute Gasteiger partial charge is 0.215 e. The molecule has 0 aliphatic carbocycles. The molecule has 0 bridgehead atoms. The number of halogens is 1. The molecule has 1 saturated heterocycles. The zero-order valence-electron chi connectivity index (χ0n) is 19.3. The van der Waals surface area contributed by atoms with Gasteiger partial charge < -0.3 is 10.2 Å². The summed E-state index contributed by atoms with van der Waals surface area (Å²) in [6, 6.07) is 12.4. The van der Waals surface area contributed by atoms with E-state index < -0.39 is 15.8 Å². The molecule has 1 N–H and O–H groups in total. The van der Waals surface area contributed by atoms with E-state index in [9.17, 15) is 18.1 Å². The molecule has 0 amide bonds. The molecule has 0 unspecified atom stereocenters. The number of benzene rings is 2. The van der Waals surface area contributed by atoms with Gasteiger partial charge in [-0.15, -0.1) is 0 Å². The van der Waals surface area contributed by atoms with E-state index in [2.05, 4.69) is 10.3 Å². The van der Waals surface area contributed by atoms with Gasteiger partial charge in [0.05, 0.1) is 11.3 Å². The van der Waals surface area contributed by atoms with E-state index in [1.807, 2.05) is 43.3 Å². The van der Waals surface area contributed by atoms with Crippen molar-refractivity contribution in [2.24, 2.45) is 0 Å². The molecule has 2 aromatic carbocycles. The second kappa shape index (κ2) is 10.1. The minimum absolute atomic E-state index is 0.00434. The van der Waals surface area contributed by atoms with Crippen molar-refractivity contribution >= 4 is 26.5 Å². The highest BCUT2D eigenvalue weighted by Crippen LogP contribution is 2.33. The van der Waals surface area contributed by atoms with Crippen LogP contribution in [-0.4, -0.2) is 68.1 Å². The van der Waals surface area contributed by atoms with Crippen molar-refractivity contribution in [3.63, 3.8) is 0 Å². The van der Waals surface area contributed by atoms with E-state index in [1.54, 1.807) is 28.8 Å². The Balaban J connectivity index is 1.55. The van der Waals surface area contributed by atoms with E-state index in [0.29, 0.717) is 32.5 Å². The van der Waals surface area contributed by atoms with Gasteiger partial charge in [0.1, 0.15) is 11.9 Å². The standard InChI is InChI=1S/C25H28FN5O2S/c1-30(2)11-12-34(32,33)31-9-6-22(7-10-31)29-25-15-20(14-19-5-8-28-17-23(19)25)18-3-4-24(26)21(13-18)16-27/h3-5,8,13-15,17,22,29H,6-7,9-12H2,1-2H3. The van der Waals surface area contributed by atoms with Crippen LogP contribution in [0, 0.1) is 17.1 Å². The van der Waals surface area contributed by atoms with Crippen LogP contribution >= 0.6 is 0 Å². The van der Waals surface area contributed by atoms with E-state index in [-0.39, 0.29) is 17.4 Å². The lowest BCUT2D eigenvalue weighted by molar-refractivity contribution is 0.326. The third kappa shape index (κ3) is 5.36. The summed E-state index contributed by atoms with van der Waals surface area (Å²) < 4.78 is 40.7. The fraction of sp³-hybridized carbons (Fsp3) is 0.360. The Labute approximate surface area is 199 Å². The maximum absolute atomic E-state index is 13.8. The van der Waals surface area contributed by atoms with E-state index in [0.717, 1.165) is 27.6 Å². The molecule has 2 heterocycles. The molecule has 0 atom stereocenters. The number of pyridine rings is 1. The number of nitriles is 1. The number of sulfonamides is 1. The zero-order chi connectivity index (χ0) is 24.3. The van der Waals surface area contributed by atoms with Crippen molar-refractivity contribution in [1.82, 2.24) is 14.2 Å². The molecule has 0 spiro atoms. The van der Waals surface area contributed by atoms with Crippen LogP contribution in [0.2, 0.25) is 0 Å². The normalized spacial score (nSPS) is 15.5. The largest absolute Gasteiger partial charge is 0.382 e. The molecule has 1 aromatic heterocycles. The van der Waals surface area contributed by atoms with Gasteiger partial charge in [-0.2, -0.15) is 5.26 Å². The van der Waals surface area contributed by atoms with Crippen LogP contribution in [-0.2, 0) is 10.0 Å². The number of hydrogen-bond donors (Lipinski definition) is 1. The average Bonchev–Trinajstić information content (AvgIpc) is 2.83. The molecule has 1 aliphatic rings. The summed E-state index contributed by atoms with van der Waals surface area (Å²) in [6.07, 6.45) is 4.91. The van der Waals surface area contributed by atoms with Gasteiger partial charge >= 0.3 is 0 Å². The minimum atomic E-state index is -3.27. The number of aromatic nitrogens is 1. The van der Waals surface area contributed by atoms with Gasteiger partial charge in [0.2, 0.25) is 10.0 Å². The molecular formula is C25H28FN5O2S. The number of nitrogens with zero attached hydrogens (tertiary/aromatic N) is 4. The Hall–Kier alpha value is -3.06. The fourth-order valence-corrected chi connectivity index (χ4v) is 5.82. The first-order valence-electron chi connectivity index (χ1n) is 11.2. The number of piperidine rings is 1. The van der Waals surface area contributed by atoms with Crippen molar-refractivity contribution < 1.29 is 12.8 Å². The molecule has 1 fully saturated rings. The van der Waals surface area contributed by atoms with Gasteiger partial charge in [-0.25, -0.2) is 17.1 Å². The molecule has 9 heteroatoms. The number of hydrogen-bond acceptors (Lipinski definition) is 6. The summed E-state index contributed by atoms with van der Waals surface area (Å²) in [5, 5.41) is 14.7. The van der Waals surface area contributed by atoms with Crippen LogP contribution in [0.1, 0.15) is 18.4 Å². The summed E-state index contributed by atoms with van der Waals surface area (Å²) in [4.78, 5) is 6.14. The summed E-state index contributed by atoms with van der Waals surface area (Å²) in [7, 11) is 0.469. The first-order valence-corrected chi connectivity index (χ1v) is 12.8. The molecule has 4 rings (SSSR count). The first kappa shape index (κ1) is 24.1. The van der Waals surface area contributed by atoms with Crippen molar-refractivity contribution in [1.29, 1.82) is 5.26 Å². The maximum atomic E-state index is 13.8. The second-order valence-corrected chi connectivity index (χ2v) is 11.0. The Bertz CT molecular complexity index is 1330. The Morgan fingerprint density at radius 3 is 2.65 bits per heavy atom. The first-order chi connectivity index (χ1) is 16.3. The molecule has 0 saturated carbocycles. The zero-order valence-corrected chi connectivity index (χ0v) is 20.1. The summed E-state index contributed by atoms with van der Waals surface area (Å²) in [5.74, 6) is -0.416. The summed E-state index contributed by atoms with van der Waals surface area (Å²) >= 11 is 0. The second-order valence-electron chi connectivity index (χ2n) is 8.86. The van der Waals surface area contributed by atoms with Crippen molar-refractivity contribution in [2.75, 3.05) is 44.8 Å². The SMILES string of the molecule is CN(C)CCS(=O)(=O)N1CCC(Nc2cc(-c3ccc(F)c(C#N)c3)cc3ccncc23)CC1. The lowest BCUT2D eigenvalue weighted by Crippen LogP contribution is -2.44. The van der Waals surface area contributed by atoms with Gasteiger partial charge in [0.15, 0.2) is 0 Å². The predicted octanol–water partition coefficient (Wildman–Crippen LogP) is 3.68. The molecule has 178 valence electrons. The molecule has 0 radical (unpaired) electrons. The predicted molar refractivity (Wildman–Crippen MR) is 132 cm³/mol. The van der Waals surface area contributed by atoms with E-state index in [1.165, 1.54) is 6.07 Å². The van der Waals surface area contributed by atoms with E-state index >= 15 is 0 Å². The van der Waals surface area contributed by atoms with Crippen LogP contribution in [0.25, 0.3) is 21.9 Å². The molecule has 34 heavy (non-hydrogen) atoms. The fourth-order valence-electron chi connectivity index (χ4n) is 4.20. The van der Waals surface area contributed by atoms with Crippen LogP contribution in [0.5, 0.6) is 0 Å². The Morgan fingerprint density at radius 1 is 1.18 bits per heavy atom. The number of nitrogens with one attached hydrogen (secondary N) is 1. The Morgan fingerprint density at radius 2 is 1.94 bits per heavy atom. The number of fused-ring (bicyclic) bond motifs is 1. The molecule has 7 nitrogen and oxygen atoms in total. The van der Waals surface area contributed by atoms with Crippen LogP contribution in [0.3, 0.4) is 0 Å². The maximum Gasteiger partial charge on any atom is 0.215 e. The van der Waals surface area contributed by atoms with Gasteiger partial charge in [-0.3, -0.25) is 4.98 Å². The lowest BCUT2D eigenvalue weighted by atomic mass is 9.98. The highest BCUT2D eigenvalue weighted by Gasteiger charge is 2.28. The van der Waals surface area contributed by atoms with Gasteiger partial charge in [-0.05, 0) is 73.8 Å². The van der Waals surface area contributed by atoms with Crippen LogP contribution < -0.4 is 5.32 Å². The van der Waals surface area contributed by atoms with Crippen molar-refractivity contribution in [3.8, 4) is 17.2 Å². The van der Waals surface area contributed by atoms with Crippen LogP contribution in [0.15, 0.2) is 48.8 Å². The molecule has 3 aromatic rings. The Kier molecular flexibility index (Phi) is 7.12. The van der Waals surface area contributed by atoms with Crippen LogP contribution in [0.4, 0.5) is 10.1 Å².